The predicted molar refractivity (Wildman–Crippen MR) is 66.3 cm³/mol. The number of hydrogen-bond donors (Lipinski definition) is 1. The summed E-state index contributed by atoms with van der Waals surface area (Å²) in [6.45, 7) is 4.12. The van der Waals surface area contributed by atoms with Crippen LogP contribution in [0.15, 0.2) is 24.3 Å². The van der Waals surface area contributed by atoms with E-state index in [0.29, 0.717) is 0 Å². The van der Waals surface area contributed by atoms with E-state index in [1.807, 2.05) is 0 Å². The Bertz CT molecular complexity index is 375. The Morgan fingerprint density at radius 1 is 1.38 bits per heavy atom. The van der Waals surface area contributed by atoms with Crippen LogP contribution in [-0.4, -0.2) is 12.6 Å². The lowest BCUT2D eigenvalue weighted by molar-refractivity contribution is 0.0788. The van der Waals surface area contributed by atoms with Gasteiger partial charge in [0.1, 0.15) is 0 Å². The summed E-state index contributed by atoms with van der Waals surface area (Å²) in [5, 5.41) is 0. The Morgan fingerprint density at radius 2 is 2.06 bits per heavy atom. The SMILES string of the molecule is COC1(c2cccc(CC(C)(C)N)c2)CC1. The van der Waals surface area contributed by atoms with Crippen LogP contribution in [0.4, 0.5) is 0 Å². The second-order valence-corrected chi connectivity index (χ2v) is 5.56. The summed E-state index contributed by atoms with van der Waals surface area (Å²) in [5.74, 6) is 0. The molecule has 16 heavy (non-hydrogen) atoms. The Labute approximate surface area is 97.8 Å². The molecule has 1 aliphatic rings. The van der Waals surface area contributed by atoms with E-state index in [1.165, 1.54) is 11.1 Å². The standard InChI is InChI=1S/C14H21NO/c1-13(2,15)10-11-5-4-6-12(9-11)14(16-3)7-8-14/h4-6,9H,7-8,10,15H2,1-3H3. The van der Waals surface area contributed by atoms with E-state index < -0.39 is 0 Å². The summed E-state index contributed by atoms with van der Waals surface area (Å²) in [5.41, 5.74) is 8.50. The molecular formula is C14H21NO. The van der Waals surface area contributed by atoms with Crippen LogP contribution in [0.3, 0.4) is 0 Å². The molecule has 0 saturated heterocycles. The fraction of sp³-hybridized carbons (Fsp3) is 0.571. The first kappa shape index (κ1) is 11.6. The van der Waals surface area contributed by atoms with E-state index in [4.69, 9.17) is 10.5 Å². The smallest absolute Gasteiger partial charge is 0.0930 e. The highest BCUT2D eigenvalue weighted by molar-refractivity contribution is 5.32. The van der Waals surface area contributed by atoms with Crippen LogP contribution in [0.25, 0.3) is 0 Å². The van der Waals surface area contributed by atoms with Crippen molar-refractivity contribution in [2.24, 2.45) is 5.73 Å². The minimum atomic E-state index is -0.150. The van der Waals surface area contributed by atoms with E-state index in [-0.39, 0.29) is 11.1 Å². The molecule has 2 N–H and O–H groups in total. The lowest BCUT2D eigenvalue weighted by Crippen LogP contribution is -2.34. The van der Waals surface area contributed by atoms with Crippen LogP contribution in [0.2, 0.25) is 0 Å². The molecule has 2 rings (SSSR count). The topological polar surface area (TPSA) is 35.2 Å². The maximum absolute atomic E-state index is 6.04. The molecule has 0 spiro atoms. The average Bonchev–Trinajstić information content (AvgIpc) is 2.96. The summed E-state index contributed by atoms with van der Waals surface area (Å²) in [4.78, 5) is 0. The first-order valence-electron chi connectivity index (χ1n) is 5.89. The van der Waals surface area contributed by atoms with Gasteiger partial charge >= 0.3 is 0 Å². The molecule has 0 aromatic heterocycles. The Kier molecular flexibility index (Phi) is 2.81. The highest BCUT2D eigenvalue weighted by atomic mass is 16.5. The van der Waals surface area contributed by atoms with Crippen LogP contribution in [0.5, 0.6) is 0 Å². The summed E-state index contributed by atoms with van der Waals surface area (Å²) in [7, 11) is 1.80. The normalized spacial score (nSPS) is 18.5. The van der Waals surface area contributed by atoms with Gasteiger partial charge in [-0.25, -0.2) is 0 Å². The number of ether oxygens (including phenoxy) is 1. The maximum atomic E-state index is 6.04. The molecule has 2 heteroatoms. The molecular weight excluding hydrogens is 198 g/mol. The largest absolute Gasteiger partial charge is 0.374 e. The van der Waals surface area contributed by atoms with E-state index in [9.17, 15) is 0 Å². The van der Waals surface area contributed by atoms with Crippen molar-refractivity contribution < 1.29 is 4.74 Å². The number of hydrogen-bond acceptors (Lipinski definition) is 2. The molecule has 0 bridgehead atoms. The Balaban J connectivity index is 2.20. The molecule has 0 unspecified atom stereocenters. The molecule has 1 aromatic carbocycles. The van der Waals surface area contributed by atoms with E-state index in [2.05, 4.69) is 38.1 Å². The van der Waals surface area contributed by atoms with Gasteiger partial charge in [-0.15, -0.1) is 0 Å². The van der Waals surface area contributed by atoms with E-state index >= 15 is 0 Å². The van der Waals surface area contributed by atoms with Gasteiger partial charge in [0.2, 0.25) is 0 Å². The van der Waals surface area contributed by atoms with Crippen molar-refractivity contribution in [1.29, 1.82) is 0 Å². The van der Waals surface area contributed by atoms with Crippen molar-refractivity contribution in [3.8, 4) is 0 Å². The van der Waals surface area contributed by atoms with Gasteiger partial charge in [-0.1, -0.05) is 24.3 Å². The third kappa shape index (κ3) is 2.45. The minimum Gasteiger partial charge on any atom is -0.374 e. The summed E-state index contributed by atoms with van der Waals surface area (Å²) < 4.78 is 5.59. The summed E-state index contributed by atoms with van der Waals surface area (Å²) in [6, 6.07) is 8.65. The molecule has 1 fully saturated rings. The quantitative estimate of drug-likeness (QED) is 0.844. The van der Waals surface area contributed by atoms with Gasteiger partial charge in [0.25, 0.3) is 0 Å². The molecule has 0 heterocycles. The van der Waals surface area contributed by atoms with Gasteiger partial charge < -0.3 is 10.5 Å². The summed E-state index contributed by atoms with van der Waals surface area (Å²) >= 11 is 0. The number of nitrogens with two attached hydrogens (primary N) is 1. The first-order chi connectivity index (χ1) is 7.45. The lowest BCUT2D eigenvalue weighted by Gasteiger charge is -2.20. The summed E-state index contributed by atoms with van der Waals surface area (Å²) in [6.07, 6.45) is 3.18. The molecule has 88 valence electrons. The van der Waals surface area contributed by atoms with Crippen molar-refractivity contribution in [2.75, 3.05) is 7.11 Å². The van der Waals surface area contributed by atoms with Crippen LogP contribution in [0.1, 0.15) is 37.8 Å². The van der Waals surface area contributed by atoms with Crippen LogP contribution in [0, 0.1) is 0 Å². The van der Waals surface area contributed by atoms with E-state index in [0.717, 1.165) is 19.3 Å². The molecule has 0 atom stereocenters. The molecule has 1 aromatic rings. The Morgan fingerprint density at radius 3 is 2.56 bits per heavy atom. The van der Waals surface area contributed by atoms with Crippen molar-refractivity contribution >= 4 is 0 Å². The van der Waals surface area contributed by atoms with Gasteiger partial charge in [0, 0.05) is 12.6 Å². The van der Waals surface area contributed by atoms with Crippen molar-refractivity contribution in [1.82, 2.24) is 0 Å². The zero-order valence-electron chi connectivity index (χ0n) is 10.4. The fourth-order valence-corrected chi connectivity index (χ4v) is 2.21. The van der Waals surface area contributed by atoms with Crippen molar-refractivity contribution in [3.05, 3.63) is 35.4 Å². The number of benzene rings is 1. The van der Waals surface area contributed by atoms with Crippen LogP contribution < -0.4 is 5.73 Å². The third-order valence-electron chi connectivity index (χ3n) is 3.21. The molecule has 1 aliphatic carbocycles. The first-order valence-corrected chi connectivity index (χ1v) is 5.89. The zero-order chi connectivity index (χ0) is 11.8. The van der Waals surface area contributed by atoms with Crippen LogP contribution >= 0.6 is 0 Å². The number of methoxy groups -OCH3 is 1. The van der Waals surface area contributed by atoms with Gasteiger partial charge in [0.05, 0.1) is 5.60 Å². The molecule has 2 nitrogen and oxygen atoms in total. The van der Waals surface area contributed by atoms with Crippen LogP contribution in [-0.2, 0) is 16.8 Å². The second kappa shape index (κ2) is 3.86. The predicted octanol–water partition coefficient (Wildman–Crippen LogP) is 2.60. The fourth-order valence-electron chi connectivity index (χ4n) is 2.21. The third-order valence-corrected chi connectivity index (χ3v) is 3.21. The van der Waals surface area contributed by atoms with Crippen molar-refractivity contribution in [3.63, 3.8) is 0 Å². The maximum Gasteiger partial charge on any atom is 0.0930 e. The lowest BCUT2D eigenvalue weighted by atomic mass is 9.94. The van der Waals surface area contributed by atoms with Gasteiger partial charge in [0.15, 0.2) is 0 Å². The minimum absolute atomic E-state index is 0.00868. The zero-order valence-corrected chi connectivity index (χ0v) is 10.4. The second-order valence-electron chi connectivity index (χ2n) is 5.56. The van der Waals surface area contributed by atoms with Gasteiger partial charge in [-0.05, 0) is 44.2 Å². The molecule has 0 radical (unpaired) electrons. The van der Waals surface area contributed by atoms with Gasteiger partial charge in [-0.3, -0.25) is 0 Å². The monoisotopic (exact) mass is 219 g/mol. The highest BCUT2D eigenvalue weighted by Gasteiger charge is 2.44. The number of rotatable bonds is 4. The van der Waals surface area contributed by atoms with Gasteiger partial charge in [-0.2, -0.15) is 0 Å². The van der Waals surface area contributed by atoms with Crippen molar-refractivity contribution in [2.45, 2.75) is 44.2 Å². The van der Waals surface area contributed by atoms with E-state index in [1.54, 1.807) is 7.11 Å². The highest BCUT2D eigenvalue weighted by Crippen LogP contribution is 2.48. The molecule has 0 aliphatic heterocycles. The molecule has 1 saturated carbocycles. The molecule has 0 amide bonds. The Hall–Kier alpha value is -0.860. The average molecular weight is 219 g/mol.